The number of ether oxygens (including phenoxy) is 2. The molecule has 0 amide bonds. The Labute approximate surface area is 248 Å². The molecule has 12 nitrogen and oxygen atoms in total. The first-order valence-electron chi connectivity index (χ1n) is 14.2. The number of halogens is 2. The van der Waals surface area contributed by atoms with Crippen molar-refractivity contribution in [1.82, 2.24) is 34.4 Å². The molecule has 0 spiro atoms. The fourth-order valence-electron chi connectivity index (χ4n) is 5.73. The van der Waals surface area contributed by atoms with Crippen molar-refractivity contribution in [3.8, 4) is 17.3 Å². The summed E-state index contributed by atoms with van der Waals surface area (Å²) in [6.07, 6.45) is 2.92. The SMILES string of the molecule is Nc1nc2c(sc(=O)n2CCN2CCC(c3cc(OCC4COCCN4)c(F)cc3F)CC2)c2nc(-c3ccco3)nn12. The normalized spacial score (nSPS) is 18.6. The summed E-state index contributed by atoms with van der Waals surface area (Å²) in [7, 11) is 0. The molecule has 2 aliphatic heterocycles. The molecule has 43 heavy (non-hydrogen) atoms. The van der Waals surface area contributed by atoms with E-state index >= 15 is 0 Å². The van der Waals surface area contributed by atoms with E-state index < -0.39 is 11.6 Å². The van der Waals surface area contributed by atoms with Crippen molar-refractivity contribution >= 4 is 33.3 Å². The van der Waals surface area contributed by atoms with Gasteiger partial charge in [0.05, 0.1) is 25.5 Å². The molecule has 0 saturated carbocycles. The lowest BCUT2D eigenvalue weighted by atomic mass is 9.89. The molecule has 4 aromatic heterocycles. The predicted molar refractivity (Wildman–Crippen MR) is 155 cm³/mol. The van der Waals surface area contributed by atoms with Crippen LogP contribution < -0.4 is 20.7 Å². The highest BCUT2D eigenvalue weighted by Crippen LogP contribution is 2.34. The molecule has 2 fully saturated rings. The predicted octanol–water partition coefficient (Wildman–Crippen LogP) is 2.87. The summed E-state index contributed by atoms with van der Waals surface area (Å²) in [6, 6.07) is 5.87. The quantitative estimate of drug-likeness (QED) is 0.269. The van der Waals surface area contributed by atoms with Crippen molar-refractivity contribution in [3.05, 3.63) is 57.4 Å². The number of fused-ring (bicyclic) bond motifs is 3. The van der Waals surface area contributed by atoms with Gasteiger partial charge in [0.15, 0.2) is 28.6 Å². The van der Waals surface area contributed by atoms with E-state index in [0.29, 0.717) is 91.9 Å². The monoisotopic (exact) mass is 612 g/mol. The molecule has 226 valence electrons. The molecule has 1 aromatic carbocycles. The topological polar surface area (TPSA) is 138 Å². The van der Waals surface area contributed by atoms with Gasteiger partial charge < -0.3 is 29.8 Å². The van der Waals surface area contributed by atoms with Crippen molar-refractivity contribution in [2.75, 3.05) is 51.7 Å². The molecule has 7 rings (SSSR count). The maximum atomic E-state index is 14.8. The van der Waals surface area contributed by atoms with Gasteiger partial charge in [-0.15, -0.1) is 5.10 Å². The molecular formula is C28H30F2N8O4S. The molecule has 1 atom stereocenters. The number of nitrogens with zero attached hydrogens (tertiary/aromatic N) is 6. The number of anilines is 1. The number of benzene rings is 1. The van der Waals surface area contributed by atoms with Gasteiger partial charge in [0.25, 0.3) is 0 Å². The number of hydrogen-bond donors (Lipinski definition) is 2. The van der Waals surface area contributed by atoms with Crippen molar-refractivity contribution in [2.45, 2.75) is 31.3 Å². The second-order valence-corrected chi connectivity index (χ2v) is 11.7. The number of piperidine rings is 1. The molecule has 0 aliphatic carbocycles. The van der Waals surface area contributed by atoms with E-state index in [2.05, 4.69) is 25.3 Å². The number of rotatable bonds is 8. The zero-order valence-corrected chi connectivity index (χ0v) is 24.0. The fraction of sp³-hybridized carbons (Fsp3) is 0.429. The number of morpholine rings is 1. The van der Waals surface area contributed by atoms with E-state index in [1.165, 1.54) is 16.8 Å². The van der Waals surface area contributed by atoms with Gasteiger partial charge in [-0.05, 0) is 55.6 Å². The standard InChI is InChI=1S/C28H30F2N8O4S/c29-19-13-20(30)22(42-15-17-14-40-11-5-32-17)12-18(19)16-3-6-36(7-4-16)8-9-37-25-23(43-28(37)39)26-33-24(21-2-1-10-41-21)35-38(26)27(31)34-25/h1-2,10,12-13,16-17,32H,3-9,11,14-15H2,(H2,31,34). The summed E-state index contributed by atoms with van der Waals surface area (Å²) < 4.78 is 49.5. The van der Waals surface area contributed by atoms with Crippen LogP contribution >= 0.6 is 11.3 Å². The Morgan fingerprint density at radius 3 is 2.77 bits per heavy atom. The summed E-state index contributed by atoms with van der Waals surface area (Å²) >= 11 is 1.05. The average molecular weight is 613 g/mol. The van der Waals surface area contributed by atoms with E-state index in [0.717, 1.165) is 17.4 Å². The number of nitrogens with one attached hydrogen (secondary N) is 1. The Morgan fingerprint density at radius 2 is 2.00 bits per heavy atom. The van der Waals surface area contributed by atoms with Crippen LogP contribution in [0, 0.1) is 11.6 Å². The molecule has 0 bridgehead atoms. The summed E-state index contributed by atoms with van der Waals surface area (Å²) in [4.78, 5) is 24.1. The number of hydrogen-bond acceptors (Lipinski definition) is 11. The highest BCUT2D eigenvalue weighted by atomic mass is 32.1. The highest BCUT2D eigenvalue weighted by molar-refractivity contribution is 7.17. The van der Waals surface area contributed by atoms with Crippen LogP contribution in [0.4, 0.5) is 14.7 Å². The smallest absolute Gasteiger partial charge is 0.309 e. The van der Waals surface area contributed by atoms with E-state index in [1.54, 1.807) is 16.7 Å². The van der Waals surface area contributed by atoms with Gasteiger partial charge in [-0.25, -0.2) is 13.8 Å². The molecule has 5 aromatic rings. The van der Waals surface area contributed by atoms with Crippen molar-refractivity contribution in [1.29, 1.82) is 0 Å². The summed E-state index contributed by atoms with van der Waals surface area (Å²) in [5, 5.41) is 7.65. The number of likely N-dealkylation sites (tertiary alicyclic amines) is 1. The Bertz CT molecular complexity index is 1810. The van der Waals surface area contributed by atoms with Gasteiger partial charge in [0.2, 0.25) is 11.8 Å². The average Bonchev–Trinajstić information content (AvgIpc) is 3.76. The van der Waals surface area contributed by atoms with Gasteiger partial charge in [-0.3, -0.25) is 9.36 Å². The minimum atomic E-state index is -0.710. The van der Waals surface area contributed by atoms with Crippen molar-refractivity contribution in [3.63, 3.8) is 0 Å². The summed E-state index contributed by atoms with van der Waals surface area (Å²) in [5.74, 6) is -0.314. The van der Waals surface area contributed by atoms with Crippen LogP contribution in [0.3, 0.4) is 0 Å². The lowest BCUT2D eigenvalue weighted by Gasteiger charge is -2.32. The summed E-state index contributed by atoms with van der Waals surface area (Å²) in [5.41, 5.74) is 7.57. The van der Waals surface area contributed by atoms with E-state index in [4.69, 9.17) is 19.6 Å². The van der Waals surface area contributed by atoms with Gasteiger partial charge in [0, 0.05) is 25.7 Å². The minimum Gasteiger partial charge on any atom is -0.489 e. The number of furan rings is 1. The maximum absolute atomic E-state index is 14.8. The van der Waals surface area contributed by atoms with Crippen LogP contribution in [0.5, 0.6) is 5.75 Å². The Hall–Kier alpha value is -3.92. The highest BCUT2D eigenvalue weighted by Gasteiger charge is 2.26. The second kappa shape index (κ2) is 11.6. The molecular weight excluding hydrogens is 582 g/mol. The Morgan fingerprint density at radius 1 is 1.14 bits per heavy atom. The zero-order valence-electron chi connectivity index (χ0n) is 23.2. The van der Waals surface area contributed by atoms with E-state index in [9.17, 15) is 13.6 Å². The van der Waals surface area contributed by atoms with Crippen LogP contribution in [0.1, 0.15) is 24.3 Å². The van der Waals surface area contributed by atoms with Gasteiger partial charge >= 0.3 is 4.87 Å². The van der Waals surface area contributed by atoms with E-state index in [1.807, 2.05) is 0 Å². The van der Waals surface area contributed by atoms with Crippen LogP contribution in [-0.4, -0.2) is 81.1 Å². The summed E-state index contributed by atoms with van der Waals surface area (Å²) in [6.45, 7) is 4.50. The van der Waals surface area contributed by atoms with Crippen LogP contribution in [0.25, 0.3) is 27.6 Å². The lowest BCUT2D eigenvalue weighted by Crippen LogP contribution is -2.44. The van der Waals surface area contributed by atoms with Crippen molar-refractivity contribution < 1.29 is 22.7 Å². The first-order valence-corrected chi connectivity index (χ1v) is 15.0. The van der Waals surface area contributed by atoms with Crippen molar-refractivity contribution in [2.24, 2.45) is 0 Å². The third kappa shape index (κ3) is 5.48. The third-order valence-corrected chi connectivity index (χ3v) is 8.98. The molecule has 3 N–H and O–H groups in total. The largest absolute Gasteiger partial charge is 0.489 e. The van der Waals surface area contributed by atoms with Crippen LogP contribution in [-0.2, 0) is 11.3 Å². The number of nitrogen functional groups attached to an aromatic ring is 1. The van der Waals surface area contributed by atoms with Gasteiger partial charge in [-0.1, -0.05) is 11.3 Å². The van der Waals surface area contributed by atoms with Gasteiger partial charge in [0.1, 0.15) is 17.1 Å². The molecule has 6 heterocycles. The number of aromatic nitrogens is 5. The maximum Gasteiger partial charge on any atom is 0.309 e. The number of nitrogens with two attached hydrogens (primary N) is 1. The minimum absolute atomic E-state index is 0.0361. The van der Waals surface area contributed by atoms with Crippen LogP contribution in [0.2, 0.25) is 0 Å². The molecule has 15 heteroatoms. The molecule has 2 aliphatic rings. The third-order valence-electron chi connectivity index (χ3n) is 8.01. The molecule has 0 radical (unpaired) electrons. The Balaban J connectivity index is 1.02. The van der Waals surface area contributed by atoms with Crippen LogP contribution in [0.15, 0.2) is 39.7 Å². The lowest BCUT2D eigenvalue weighted by molar-refractivity contribution is 0.0585. The number of thiazole rings is 1. The molecule has 1 unspecified atom stereocenters. The molecule has 2 saturated heterocycles. The second-order valence-electron chi connectivity index (χ2n) is 10.7. The van der Waals surface area contributed by atoms with E-state index in [-0.39, 0.29) is 35.1 Å². The van der Waals surface area contributed by atoms with Gasteiger partial charge in [-0.2, -0.15) is 9.50 Å². The first-order chi connectivity index (χ1) is 20.9. The first kappa shape index (κ1) is 27.9. The zero-order chi connectivity index (χ0) is 29.5. The fourth-order valence-corrected chi connectivity index (χ4v) is 6.66. The Kier molecular flexibility index (Phi) is 7.55.